The number of aryl methyl sites for hydroxylation is 1. The van der Waals surface area contributed by atoms with Crippen molar-refractivity contribution in [3.63, 3.8) is 0 Å². The van der Waals surface area contributed by atoms with E-state index < -0.39 is 17.4 Å². The van der Waals surface area contributed by atoms with Crippen LogP contribution in [0.3, 0.4) is 0 Å². The number of hydrogen-bond donors (Lipinski definition) is 1. The van der Waals surface area contributed by atoms with E-state index in [4.69, 9.17) is 4.74 Å². The number of hydrogen-bond acceptors (Lipinski definition) is 5. The highest BCUT2D eigenvalue weighted by atomic mass is 19.1. The number of carbonyl (C=O) groups excluding carboxylic acids is 1. The molecule has 1 N–H and O–H groups in total. The van der Waals surface area contributed by atoms with E-state index in [0.717, 1.165) is 41.2 Å². The number of carbonyl (C=O) groups is 1. The summed E-state index contributed by atoms with van der Waals surface area (Å²) < 4.78 is 23.7. The number of ether oxygens (including phenoxy) is 1. The molecule has 1 aliphatic rings. The number of nitrogens with one attached hydrogen (secondary N) is 1. The van der Waals surface area contributed by atoms with Crippen LogP contribution in [0, 0.1) is 12.9 Å². The number of nitrogens with zero attached hydrogens (tertiary/aromatic N) is 5. The van der Waals surface area contributed by atoms with Gasteiger partial charge in [-0.15, -0.1) is 0 Å². The van der Waals surface area contributed by atoms with E-state index in [1.165, 1.54) is 10.9 Å². The van der Waals surface area contributed by atoms with Gasteiger partial charge < -0.3 is 15.0 Å². The lowest BCUT2D eigenvalue weighted by Crippen LogP contribution is -2.37. The fourth-order valence-corrected chi connectivity index (χ4v) is 4.36. The number of fused-ring (bicyclic) bond motifs is 1. The van der Waals surface area contributed by atoms with Gasteiger partial charge in [0.1, 0.15) is 17.0 Å². The van der Waals surface area contributed by atoms with Crippen molar-refractivity contribution in [1.29, 1.82) is 0 Å². The highest BCUT2D eigenvalue weighted by Gasteiger charge is 2.25. The zero-order valence-corrected chi connectivity index (χ0v) is 20.4. The number of morpholine rings is 1. The van der Waals surface area contributed by atoms with Crippen LogP contribution in [0.25, 0.3) is 16.8 Å². The number of benzene rings is 1. The molecule has 0 saturated carbocycles. The van der Waals surface area contributed by atoms with Crippen LogP contribution in [0.1, 0.15) is 36.7 Å². The van der Waals surface area contributed by atoms with E-state index in [9.17, 15) is 9.18 Å². The molecule has 3 aromatic heterocycles. The van der Waals surface area contributed by atoms with Gasteiger partial charge in [-0.25, -0.2) is 9.67 Å². The van der Waals surface area contributed by atoms with E-state index in [1.807, 2.05) is 58.2 Å². The van der Waals surface area contributed by atoms with Gasteiger partial charge in [0, 0.05) is 31.2 Å². The molecule has 4 heterocycles. The summed E-state index contributed by atoms with van der Waals surface area (Å²) in [6.07, 6.45) is 5.02. The summed E-state index contributed by atoms with van der Waals surface area (Å²) in [6, 6.07) is 9.85. The minimum atomic E-state index is -0.651. The maximum Gasteiger partial charge on any atom is 0.261 e. The van der Waals surface area contributed by atoms with Gasteiger partial charge in [0.15, 0.2) is 0 Å². The largest absolute Gasteiger partial charge is 0.378 e. The van der Waals surface area contributed by atoms with Gasteiger partial charge >= 0.3 is 0 Å². The average molecular weight is 477 g/mol. The number of rotatable bonds is 4. The Hall–Kier alpha value is -3.72. The molecule has 1 saturated heterocycles. The molecule has 0 spiro atoms. The molecule has 0 unspecified atom stereocenters. The SMILES string of the molecule is Cc1ccc(NC(=O)c2cnn(C(C)(C)C)c2F)cc1-c1cc(N2CCOCC2)n2ccnc2c1. The lowest BCUT2D eigenvalue weighted by atomic mass is 10.00. The minimum absolute atomic E-state index is 0.0875. The van der Waals surface area contributed by atoms with Crippen molar-refractivity contribution >= 4 is 23.1 Å². The summed E-state index contributed by atoms with van der Waals surface area (Å²) in [4.78, 5) is 19.7. The predicted octanol–water partition coefficient (Wildman–Crippen LogP) is 4.49. The molecule has 35 heavy (non-hydrogen) atoms. The molecule has 4 aromatic rings. The smallest absolute Gasteiger partial charge is 0.261 e. The Morgan fingerprint density at radius 3 is 2.63 bits per heavy atom. The monoisotopic (exact) mass is 476 g/mol. The maximum atomic E-state index is 14.8. The number of halogens is 1. The Kier molecular flexibility index (Phi) is 5.80. The standard InChI is InChI=1S/C26H29FN6O2/c1-17-5-6-19(30-25(34)21-16-29-33(24(21)27)26(2,3)4)15-20(17)18-13-22-28-7-8-32(22)23(14-18)31-9-11-35-12-10-31/h5-8,13-16H,9-12H2,1-4H3,(H,30,34). The first-order valence-corrected chi connectivity index (χ1v) is 11.7. The van der Waals surface area contributed by atoms with Crippen molar-refractivity contribution in [3.05, 3.63) is 66.0 Å². The summed E-state index contributed by atoms with van der Waals surface area (Å²) in [7, 11) is 0. The Labute approximate surface area is 203 Å². The van der Waals surface area contributed by atoms with E-state index in [1.54, 1.807) is 6.20 Å². The van der Waals surface area contributed by atoms with Crippen LogP contribution in [0.2, 0.25) is 0 Å². The van der Waals surface area contributed by atoms with Gasteiger partial charge in [0.25, 0.3) is 5.91 Å². The van der Waals surface area contributed by atoms with Crippen LogP contribution in [0.5, 0.6) is 0 Å². The molecule has 0 atom stereocenters. The van der Waals surface area contributed by atoms with Crippen molar-refractivity contribution in [2.24, 2.45) is 0 Å². The normalized spacial score (nSPS) is 14.5. The third kappa shape index (κ3) is 4.39. The summed E-state index contributed by atoms with van der Waals surface area (Å²) >= 11 is 0. The summed E-state index contributed by atoms with van der Waals surface area (Å²) in [5, 5.41) is 6.90. The molecule has 1 aromatic carbocycles. The number of amides is 1. The third-order valence-electron chi connectivity index (χ3n) is 6.22. The fourth-order valence-electron chi connectivity index (χ4n) is 4.36. The first-order valence-electron chi connectivity index (χ1n) is 11.7. The molecule has 0 radical (unpaired) electrons. The van der Waals surface area contributed by atoms with Gasteiger partial charge in [-0.1, -0.05) is 6.07 Å². The Morgan fingerprint density at radius 1 is 1.14 bits per heavy atom. The molecule has 9 heteroatoms. The van der Waals surface area contributed by atoms with Crippen LogP contribution >= 0.6 is 0 Å². The summed E-state index contributed by atoms with van der Waals surface area (Å²) in [5.41, 5.74) is 3.78. The summed E-state index contributed by atoms with van der Waals surface area (Å²) in [5.74, 6) is -0.142. The van der Waals surface area contributed by atoms with E-state index in [2.05, 4.69) is 30.8 Å². The number of pyridine rings is 1. The van der Waals surface area contributed by atoms with E-state index in [-0.39, 0.29) is 5.56 Å². The average Bonchev–Trinajstić information content (AvgIpc) is 3.46. The minimum Gasteiger partial charge on any atom is -0.378 e. The van der Waals surface area contributed by atoms with Gasteiger partial charge in [-0.2, -0.15) is 9.49 Å². The number of imidazole rings is 1. The van der Waals surface area contributed by atoms with E-state index >= 15 is 0 Å². The molecule has 1 amide bonds. The second-order valence-corrected chi connectivity index (χ2v) is 9.77. The first kappa shape index (κ1) is 23.0. The van der Waals surface area contributed by atoms with Gasteiger partial charge in [0.2, 0.25) is 5.95 Å². The first-order chi connectivity index (χ1) is 16.7. The molecule has 0 bridgehead atoms. The molecular weight excluding hydrogens is 447 g/mol. The molecule has 8 nitrogen and oxygen atoms in total. The van der Waals surface area contributed by atoms with Gasteiger partial charge in [0.05, 0.1) is 24.9 Å². The molecule has 5 rings (SSSR count). The Bertz CT molecular complexity index is 1390. The van der Waals surface area contributed by atoms with Crippen molar-refractivity contribution in [2.75, 3.05) is 36.5 Å². The lowest BCUT2D eigenvalue weighted by molar-refractivity contribution is 0.102. The lowest BCUT2D eigenvalue weighted by Gasteiger charge is -2.29. The quantitative estimate of drug-likeness (QED) is 0.470. The predicted molar refractivity (Wildman–Crippen MR) is 134 cm³/mol. The highest BCUT2D eigenvalue weighted by molar-refractivity contribution is 6.04. The molecule has 0 aliphatic carbocycles. The van der Waals surface area contributed by atoms with Crippen molar-refractivity contribution in [2.45, 2.75) is 33.2 Å². The Morgan fingerprint density at radius 2 is 1.91 bits per heavy atom. The number of anilines is 2. The fraction of sp³-hybridized carbons (Fsp3) is 0.346. The molecule has 1 fully saturated rings. The van der Waals surface area contributed by atoms with Gasteiger partial charge in [-0.05, 0) is 68.7 Å². The van der Waals surface area contributed by atoms with E-state index in [0.29, 0.717) is 18.9 Å². The van der Waals surface area contributed by atoms with Crippen LogP contribution in [-0.2, 0) is 10.3 Å². The maximum absolute atomic E-state index is 14.8. The van der Waals surface area contributed by atoms with Crippen LogP contribution in [-0.4, -0.2) is 51.4 Å². The Balaban J connectivity index is 1.48. The van der Waals surface area contributed by atoms with Crippen LogP contribution in [0.15, 0.2) is 48.9 Å². The van der Waals surface area contributed by atoms with Crippen molar-refractivity contribution in [3.8, 4) is 11.1 Å². The molecule has 182 valence electrons. The van der Waals surface area contributed by atoms with Crippen molar-refractivity contribution < 1.29 is 13.9 Å². The zero-order valence-electron chi connectivity index (χ0n) is 20.4. The van der Waals surface area contributed by atoms with Crippen LogP contribution in [0.4, 0.5) is 15.9 Å². The second kappa shape index (κ2) is 8.81. The third-order valence-corrected chi connectivity index (χ3v) is 6.22. The number of aromatic nitrogens is 4. The highest BCUT2D eigenvalue weighted by Crippen LogP contribution is 2.32. The van der Waals surface area contributed by atoms with Crippen molar-refractivity contribution in [1.82, 2.24) is 19.2 Å². The van der Waals surface area contributed by atoms with Gasteiger partial charge in [-0.3, -0.25) is 9.20 Å². The molecular formula is C26H29FN6O2. The topological polar surface area (TPSA) is 76.7 Å². The summed E-state index contributed by atoms with van der Waals surface area (Å²) in [6.45, 7) is 10.5. The zero-order chi connectivity index (χ0) is 24.7. The van der Waals surface area contributed by atoms with Crippen LogP contribution < -0.4 is 10.2 Å². The second-order valence-electron chi connectivity index (χ2n) is 9.77. The molecule has 1 aliphatic heterocycles.